The average Bonchev–Trinajstić information content (AvgIpc) is 2.89. The van der Waals surface area contributed by atoms with Crippen molar-refractivity contribution in [2.75, 3.05) is 33.3 Å². The molecule has 2 N–H and O–H groups in total. The third-order valence-corrected chi connectivity index (χ3v) is 5.74. The number of likely N-dealkylation sites (N-methyl/N-ethyl adjacent to an activating group) is 1. The Hall–Kier alpha value is -0.120. The van der Waals surface area contributed by atoms with E-state index in [0.717, 1.165) is 11.8 Å². The summed E-state index contributed by atoms with van der Waals surface area (Å²) in [5, 5.41) is 12.6. The molecule has 1 aliphatic heterocycles. The van der Waals surface area contributed by atoms with Crippen molar-refractivity contribution in [3.05, 3.63) is 0 Å². The molecule has 1 saturated carbocycles. The summed E-state index contributed by atoms with van der Waals surface area (Å²) in [6.45, 7) is 6.14. The van der Waals surface area contributed by atoms with Gasteiger partial charge in [0.15, 0.2) is 0 Å². The molecule has 0 aromatic heterocycles. The zero-order valence-electron chi connectivity index (χ0n) is 12.9. The molecule has 3 heteroatoms. The lowest BCUT2D eigenvalue weighted by molar-refractivity contribution is 0.102. The summed E-state index contributed by atoms with van der Waals surface area (Å²) >= 11 is 0. The topological polar surface area (TPSA) is 35.5 Å². The lowest BCUT2D eigenvalue weighted by Crippen LogP contribution is -2.44. The van der Waals surface area contributed by atoms with Crippen LogP contribution >= 0.6 is 0 Å². The molecule has 2 rings (SSSR count). The molecule has 112 valence electrons. The number of nitrogens with one attached hydrogen (secondary N) is 1. The average molecular weight is 268 g/mol. The highest BCUT2D eigenvalue weighted by atomic mass is 16.3. The Morgan fingerprint density at radius 1 is 1.16 bits per heavy atom. The van der Waals surface area contributed by atoms with E-state index in [2.05, 4.69) is 17.1 Å². The molecule has 0 radical (unpaired) electrons. The van der Waals surface area contributed by atoms with Crippen LogP contribution in [0.4, 0.5) is 0 Å². The highest BCUT2D eigenvalue weighted by Gasteiger charge is 2.36. The van der Waals surface area contributed by atoms with E-state index in [9.17, 15) is 5.11 Å². The van der Waals surface area contributed by atoms with Crippen molar-refractivity contribution >= 4 is 0 Å². The predicted molar refractivity (Wildman–Crippen MR) is 80.4 cm³/mol. The Balaban J connectivity index is 1.66. The maximum absolute atomic E-state index is 9.39. The van der Waals surface area contributed by atoms with Gasteiger partial charge in [-0.1, -0.05) is 12.8 Å². The van der Waals surface area contributed by atoms with E-state index in [0.29, 0.717) is 0 Å². The third-order valence-electron chi connectivity index (χ3n) is 5.74. The van der Waals surface area contributed by atoms with E-state index in [1.165, 1.54) is 64.6 Å². The van der Waals surface area contributed by atoms with Crippen LogP contribution < -0.4 is 5.32 Å². The molecule has 2 aliphatic rings. The zero-order valence-corrected chi connectivity index (χ0v) is 12.9. The number of piperidine rings is 1. The molecule has 0 aromatic rings. The molecule has 19 heavy (non-hydrogen) atoms. The van der Waals surface area contributed by atoms with Gasteiger partial charge in [-0.3, -0.25) is 0 Å². The number of hydrogen-bond acceptors (Lipinski definition) is 3. The van der Waals surface area contributed by atoms with E-state index in [1.807, 2.05) is 7.05 Å². The SMILES string of the molecule is CNC(C)(CO)CCCN1CCC2(CCCC2)CC1. The highest BCUT2D eigenvalue weighted by molar-refractivity contribution is 4.90. The third kappa shape index (κ3) is 3.93. The largest absolute Gasteiger partial charge is 0.394 e. The summed E-state index contributed by atoms with van der Waals surface area (Å²) in [6, 6.07) is 0. The number of likely N-dealkylation sites (tertiary alicyclic amines) is 1. The second-order valence-corrected chi connectivity index (χ2v) is 7.12. The van der Waals surface area contributed by atoms with Crippen LogP contribution in [0.2, 0.25) is 0 Å². The van der Waals surface area contributed by atoms with Gasteiger partial charge in [-0.05, 0) is 77.5 Å². The van der Waals surface area contributed by atoms with Crippen LogP contribution in [0.1, 0.15) is 58.3 Å². The highest BCUT2D eigenvalue weighted by Crippen LogP contribution is 2.46. The van der Waals surface area contributed by atoms with Gasteiger partial charge < -0.3 is 15.3 Å². The summed E-state index contributed by atoms with van der Waals surface area (Å²) in [5.74, 6) is 0. The van der Waals surface area contributed by atoms with E-state index in [-0.39, 0.29) is 12.1 Å². The number of nitrogens with zero attached hydrogens (tertiary/aromatic N) is 1. The van der Waals surface area contributed by atoms with E-state index in [4.69, 9.17) is 0 Å². The van der Waals surface area contributed by atoms with Crippen molar-refractivity contribution in [2.24, 2.45) is 5.41 Å². The smallest absolute Gasteiger partial charge is 0.0610 e. The van der Waals surface area contributed by atoms with Gasteiger partial charge in [0, 0.05) is 5.54 Å². The lowest BCUT2D eigenvalue weighted by Gasteiger charge is -2.39. The van der Waals surface area contributed by atoms with Gasteiger partial charge in [0.05, 0.1) is 6.61 Å². The van der Waals surface area contributed by atoms with Crippen molar-refractivity contribution in [1.29, 1.82) is 0 Å². The van der Waals surface area contributed by atoms with Crippen molar-refractivity contribution in [3.8, 4) is 0 Å². The van der Waals surface area contributed by atoms with Gasteiger partial charge in [0.1, 0.15) is 0 Å². The monoisotopic (exact) mass is 268 g/mol. The number of aliphatic hydroxyl groups excluding tert-OH is 1. The second-order valence-electron chi connectivity index (χ2n) is 7.12. The maximum Gasteiger partial charge on any atom is 0.0610 e. The summed E-state index contributed by atoms with van der Waals surface area (Å²) in [4.78, 5) is 2.64. The van der Waals surface area contributed by atoms with Crippen LogP contribution in [0, 0.1) is 5.41 Å². The summed E-state index contributed by atoms with van der Waals surface area (Å²) < 4.78 is 0. The van der Waals surface area contributed by atoms with Gasteiger partial charge in [-0.25, -0.2) is 0 Å². The molecular weight excluding hydrogens is 236 g/mol. The Labute approximate surface area is 118 Å². The molecule has 2 fully saturated rings. The molecule has 0 aromatic carbocycles. The summed E-state index contributed by atoms with van der Waals surface area (Å²) in [5.41, 5.74) is 0.642. The number of aliphatic hydroxyl groups is 1. The minimum absolute atomic E-state index is 0.0948. The molecule has 1 spiro atoms. The fourth-order valence-electron chi connectivity index (χ4n) is 3.85. The normalized spacial score (nSPS) is 26.7. The van der Waals surface area contributed by atoms with Crippen molar-refractivity contribution in [3.63, 3.8) is 0 Å². The van der Waals surface area contributed by atoms with Gasteiger partial charge >= 0.3 is 0 Å². The molecular formula is C16H32N2O. The van der Waals surface area contributed by atoms with Crippen molar-refractivity contribution in [1.82, 2.24) is 10.2 Å². The standard InChI is InChI=1S/C16H32N2O/c1-15(14-19,17-2)6-5-11-18-12-9-16(10-13-18)7-3-4-8-16/h17,19H,3-14H2,1-2H3. The Bertz CT molecular complexity index is 260. The molecule has 0 bridgehead atoms. The zero-order chi connectivity index (χ0) is 13.8. The predicted octanol–water partition coefficient (Wildman–Crippen LogP) is 2.39. The minimum atomic E-state index is -0.0948. The van der Waals surface area contributed by atoms with Crippen molar-refractivity contribution in [2.45, 2.75) is 63.8 Å². The Morgan fingerprint density at radius 2 is 1.79 bits per heavy atom. The van der Waals surface area contributed by atoms with Gasteiger partial charge in [-0.2, -0.15) is 0 Å². The lowest BCUT2D eigenvalue weighted by atomic mass is 9.77. The Morgan fingerprint density at radius 3 is 2.32 bits per heavy atom. The van der Waals surface area contributed by atoms with Gasteiger partial charge in [0.25, 0.3) is 0 Å². The first-order valence-electron chi connectivity index (χ1n) is 8.14. The molecule has 0 amide bonds. The fourth-order valence-corrected chi connectivity index (χ4v) is 3.85. The van der Waals surface area contributed by atoms with Crippen LogP contribution in [0.15, 0.2) is 0 Å². The first-order chi connectivity index (χ1) is 9.11. The summed E-state index contributed by atoms with van der Waals surface area (Å²) in [7, 11) is 1.95. The summed E-state index contributed by atoms with van der Waals surface area (Å²) in [6.07, 6.45) is 11.0. The quantitative estimate of drug-likeness (QED) is 0.776. The molecule has 1 atom stereocenters. The van der Waals surface area contributed by atoms with E-state index >= 15 is 0 Å². The first-order valence-corrected chi connectivity index (χ1v) is 8.14. The van der Waals surface area contributed by atoms with Gasteiger partial charge in [0.2, 0.25) is 0 Å². The molecule has 1 unspecified atom stereocenters. The molecule has 1 saturated heterocycles. The van der Waals surface area contributed by atoms with Crippen LogP contribution in [0.25, 0.3) is 0 Å². The maximum atomic E-state index is 9.39. The van der Waals surface area contributed by atoms with Crippen molar-refractivity contribution < 1.29 is 5.11 Å². The fraction of sp³-hybridized carbons (Fsp3) is 1.00. The molecule has 3 nitrogen and oxygen atoms in total. The van der Waals surface area contributed by atoms with Gasteiger partial charge in [-0.15, -0.1) is 0 Å². The number of hydrogen-bond donors (Lipinski definition) is 2. The van der Waals surface area contributed by atoms with E-state index < -0.39 is 0 Å². The van der Waals surface area contributed by atoms with Crippen LogP contribution in [0.5, 0.6) is 0 Å². The van der Waals surface area contributed by atoms with E-state index in [1.54, 1.807) is 0 Å². The minimum Gasteiger partial charge on any atom is -0.394 e. The first kappa shape index (κ1) is 15.3. The van der Waals surface area contributed by atoms with Crippen LogP contribution in [0.3, 0.4) is 0 Å². The van der Waals surface area contributed by atoms with Crippen LogP contribution in [-0.2, 0) is 0 Å². The number of rotatable bonds is 6. The molecule has 1 aliphatic carbocycles. The molecule has 1 heterocycles. The second kappa shape index (κ2) is 6.55. The Kier molecular flexibility index (Phi) is 5.27. The van der Waals surface area contributed by atoms with Crippen LogP contribution in [-0.4, -0.2) is 48.8 Å².